The maximum absolute atomic E-state index is 10.8. The Morgan fingerprint density at radius 1 is 1.04 bits per heavy atom. The molecular formula is C20H22N2O2. The summed E-state index contributed by atoms with van der Waals surface area (Å²) in [7, 11) is 0. The van der Waals surface area contributed by atoms with Crippen LogP contribution in [0.25, 0.3) is 22.5 Å². The van der Waals surface area contributed by atoms with Crippen LogP contribution in [0.3, 0.4) is 0 Å². The molecule has 3 rings (SSSR count). The predicted octanol–water partition coefficient (Wildman–Crippen LogP) is 4.97. The van der Waals surface area contributed by atoms with Crippen LogP contribution in [0.5, 0.6) is 5.75 Å². The summed E-state index contributed by atoms with van der Waals surface area (Å²) in [4.78, 5) is 4.38. The highest BCUT2D eigenvalue weighted by Gasteiger charge is 2.22. The van der Waals surface area contributed by atoms with Crippen molar-refractivity contribution in [1.29, 1.82) is 0 Å². The summed E-state index contributed by atoms with van der Waals surface area (Å²) in [5.41, 5.74) is 3.38. The first-order valence-corrected chi connectivity index (χ1v) is 8.16. The third-order valence-corrected chi connectivity index (χ3v) is 4.07. The summed E-state index contributed by atoms with van der Waals surface area (Å²) in [5.74, 6) is 1.16. The van der Waals surface area contributed by atoms with E-state index in [-0.39, 0.29) is 11.2 Å². The lowest BCUT2D eigenvalue weighted by atomic mass is 9.83. The van der Waals surface area contributed by atoms with Crippen LogP contribution in [0.15, 0.2) is 47.0 Å². The average molecular weight is 322 g/mol. The first-order valence-electron chi connectivity index (χ1n) is 8.16. The van der Waals surface area contributed by atoms with Gasteiger partial charge in [0.1, 0.15) is 5.75 Å². The van der Waals surface area contributed by atoms with E-state index in [0.717, 1.165) is 16.7 Å². The molecule has 0 unspecified atom stereocenters. The molecule has 1 N–H and O–H groups in total. The molecule has 0 atom stereocenters. The lowest BCUT2D eigenvalue weighted by Crippen LogP contribution is -2.11. The van der Waals surface area contributed by atoms with Crippen molar-refractivity contribution in [3.8, 4) is 28.3 Å². The Morgan fingerprint density at radius 3 is 2.29 bits per heavy atom. The summed E-state index contributed by atoms with van der Waals surface area (Å²) in [5, 5.41) is 14.9. The first-order chi connectivity index (χ1) is 11.4. The van der Waals surface area contributed by atoms with Crippen molar-refractivity contribution in [3.05, 3.63) is 53.9 Å². The summed E-state index contributed by atoms with van der Waals surface area (Å²) in [6.45, 7) is 8.39. The largest absolute Gasteiger partial charge is 0.507 e. The number of phenols is 1. The topological polar surface area (TPSA) is 59.2 Å². The molecule has 124 valence electrons. The van der Waals surface area contributed by atoms with Crippen molar-refractivity contribution in [2.45, 2.75) is 39.5 Å². The van der Waals surface area contributed by atoms with E-state index in [9.17, 15) is 5.11 Å². The van der Waals surface area contributed by atoms with Gasteiger partial charge in [-0.15, -0.1) is 0 Å². The van der Waals surface area contributed by atoms with E-state index in [2.05, 4.69) is 30.9 Å². The van der Waals surface area contributed by atoms with Crippen molar-refractivity contribution in [3.63, 3.8) is 0 Å². The van der Waals surface area contributed by atoms with Gasteiger partial charge in [-0.1, -0.05) is 63.2 Å². The molecular weight excluding hydrogens is 300 g/mol. The highest BCUT2D eigenvalue weighted by Crippen LogP contribution is 2.40. The second-order valence-corrected chi connectivity index (χ2v) is 6.90. The second kappa shape index (κ2) is 6.11. The van der Waals surface area contributed by atoms with Crippen LogP contribution in [-0.2, 0) is 11.8 Å². The van der Waals surface area contributed by atoms with Crippen LogP contribution < -0.4 is 0 Å². The van der Waals surface area contributed by atoms with Gasteiger partial charge in [0.05, 0.1) is 5.56 Å². The SMILES string of the molecule is CCc1nc(-c2cc(C(C)(C)C)cc(-c3ccccc3)c2O)no1. The van der Waals surface area contributed by atoms with Gasteiger partial charge in [-0.25, -0.2) is 0 Å². The normalized spacial score (nSPS) is 11.7. The molecule has 1 heterocycles. The molecule has 4 heteroatoms. The molecule has 0 aliphatic rings. The molecule has 1 aromatic heterocycles. The molecule has 0 aliphatic heterocycles. The Hall–Kier alpha value is -2.62. The van der Waals surface area contributed by atoms with Crippen molar-refractivity contribution in [2.75, 3.05) is 0 Å². The van der Waals surface area contributed by atoms with E-state index in [1.807, 2.05) is 49.4 Å². The fraction of sp³-hybridized carbons (Fsp3) is 0.300. The van der Waals surface area contributed by atoms with Gasteiger partial charge in [0.25, 0.3) is 0 Å². The number of phenolic OH excluding ortho intramolecular Hbond substituents is 1. The Bertz CT molecular complexity index is 846. The summed E-state index contributed by atoms with van der Waals surface area (Å²) in [6.07, 6.45) is 0.665. The van der Waals surface area contributed by atoms with Gasteiger partial charge < -0.3 is 9.63 Å². The van der Waals surface area contributed by atoms with Gasteiger partial charge in [-0.3, -0.25) is 0 Å². The van der Waals surface area contributed by atoms with E-state index in [1.165, 1.54) is 0 Å². The maximum Gasteiger partial charge on any atom is 0.226 e. The zero-order valence-corrected chi connectivity index (χ0v) is 14.5. The number of benzene rings is 2. The summed E-state index contributed by atoms with van der Waals surface area (Å²) in [6, 6.07) is 13.8. The smallest absolute Gasteiger partial charge is 0.226 e. The standard InChI is InChI=1S/C20H22N2O2/c1-5-17-21-19(22-24-17)16-12-14(20(2,3)4)11-15(18(16)23)13-9-7-6-8-10-13/h6-12,23H,5H2,1-4H3. The van der Waals surface area contributed by atoms with Gasteiger partial charge in [0.2, 0.25) is 11.7 Å². The first kappa shape index (κ1) is 16.2. The number of aromatic nitrogens is 2. The predicted molar refractivity (Wildman–Crippen MR) is 94.9 cm³/mol. The third-order valence-electron chi connectivity index (χ3n) is 4.07. The van der Waals surface area contributed by atoms with Crippen LogP contribution in [0.4, 0.5) is 0 Å². The van der Waals surface area contributed by atoms with Crippen molar-refractivity contribution >= 4 is 0 Å². The van der Waals surface area contributed by atoms with Crippen LogP contribution in [0, 0.1) is 0 Å². The molecule has 4 nitrogen and oxygen atoms in total. The number of hydrogen-bond donors (Lipinski definition) is 1. The third kappa shape index (κ3) is 3.04. The van der Waals surface area contributed by atoms with Crippen molar-refractivity contribution in [1.82, 2.24) is 10.1 Å². The number of aryl methyl sites for hydroxylation is 1. The number of rotatable bonds is 3. The Kier molecular flexibility index (Phi) is 4.14. The van der Waals surface area contributed by atoms with Gasteiger partial charge in [-0.05, 0) is 28.7 Å². The minimum Gasteiger partial charge on any atom is -0.507 e. The molecule has 0 aliphatic carbocycles. The van der Waals surface area contributed by atoms with Gasteiger partial charge in [-0.2, -0.15) is 4.98 Å². The van der Waals surface area contributed by atoms with E-state index in [4.69, 9.17) is 4.52 Å². The molecule has 0 spiro atoms. The molecule has 0 amide bonds. The molecule has 0 radical (unpaired) electrons. The monoisotopic (exact) mass is 322 g/mol. The second-order valence-electron chi connectivity index (χ2n) is 6.90. The van der Waals surface area contributed by atoms with E-state index < -0.39 is 0 Å². The molecule has 0 saturated heterocycles. The van der Waals surface area contributed by atoms with Crippen molar-refractivity contribution < 1.29 is 9.63 Å². The van der Waals surface area contributed by atoms with Gasteiger partial charge in [0, 0.05) is 12.0 Å². The van der Waals surface area contributed by atoms with E-state index in [0.29, 0.717) is 23.7 Å². The van der Waals surface area contributed by atoms with Crippen LogP contribution in [0.2, 0.25) is 0 Å². The number of aromatic hydroxyl groups is 1. The summed E-state index contributed by atoms with van der Waals surface area (Å²) < 4.78 is 5.22. The van der Waals surface area contributed by atoms with E-state index in [1.54, 1.807) is 0 Å². The van der Waals surface area contributed by atoms with Gasteiger partial charge in [0.15, 0.2) is 0 Å². The molecule has 0 saturated carbocycles. The zero-order valence-electron chi connectivity index (χ0n) is 14.5. The zero-order chi connectivity index (χ0) is 17.3. The average Bonchev–Trinajstić information content (AvgIpc) is 3.03. The quantitative estimate of drug-likeness (QED) is 0.739. The minimum absolute atomic E-state index is 0.0662. The number of hydrogen-bond acceptors (Lipinski definition) is 4. The highest BCUT2D eigenvalue weighted by molar-refractivity contribution is 5.80. The number of nitrogens with zero attached hydrogens (tertiary/aromatic N) is 2. The molecule has 24 heavy (non-hydrogen) atoms. The molecule has 0 fully saturated rings. The van der Waals surface area contributed by atoms with Crippen LogP contribution >= 0.6 is 0 Å². The Balaban J connectivity index is 2.25. The fourth-order valence-corrected chi connectivity index (χ4v) is 2.58. The lowest BCUT2D eigenvalue weighted by molar-refractivity contribution is 0.382. The van der Waals surface area contributed by atoms with E-state index >= 15 is 0 Å². The maximum atomic E-state index is 10.8. The Morgan fingerprint density at radius 2 is 1.71 bits per heavy atom. The molecule has 2 aromatic carbocycles. The molecule has 3 aromatic rings. The minimum atomic E-state index is -0.0662. The lowest BCUT2D eigenvalue weighted by Gasteiger charge is -2.22. The summed E-state index contributed by atoms with van der Waals surface area (Å²) >= 11 is 0. The van der Waals surface area contributed by atoms with Crippen LogP contribution in [0.1, 0.15) is 39.1 Å². The van der Waals surface area contributed by atoms with Crippen LogP contribution in [-0.4, -0.2) is 15.2 Å². The highest BCUT2D eigenvalue weighted by atomic mass is 16.5. The molecule has 0 bridgehead atoms. The Labute approximate surface area is 142 Å². The fourth-order valence-electron chi connectivity index (χ4n) is 2.58. The van der Waals surface area contributed by atoms with Crippen molar-refractivity contribution in [2.24, 2.45) is 0 Å². The van der Waals surface area contributed by atoms with Gasteiger partial charge >= 0.3 is 0 Å².